The third kappa shape index (κ3) is 2.96. The van der Waals surface area contributed by atoms with Crippen LogP contribution in [-0.2, 0) is 9.59 Å². The van der Waals surface area contributed by atoms with E-state index in [1.54, 1.807) is 13.0 Å². The molecule has 1 aliphatic carbocycles. The summed E-state index contributed by atoms with van der Waals surface area (Å²) in [5.41, 5.74) is 0.850. The quantitative estimate of drug-likeness (QED) is 0.791. The molecular weight excluding hydrogens is 352 g/mol. The van der Waals surface area contributed by atoms with Crippen LogP contribution >= 0.6 is 11.5 Å². The fourth-order valence-corrected chi connectivity index (χ4v) is 3.87. The Hall–Kier alpha value is -2.74. The molecular formula is C18H18N4O3S. The number of urea groups is 1. The number of carbonyl (C=O) groups is 3. The number of hydrogen-bond donors (Lipinski definition) is 2. The van der Waals surface area contributed by atoms with Crippen molar-refractivity contribution in [3.63, 3.8) is 0 Å². The second kappa shape index (κ2) is 6.21. The first-order valence-corrected chi connectivity index (χ1v) is 9.21. The van der Waals surface area contributed by atoms with E-state index in [1.807, 2.05) is 30.3 Å². The van der Waals surface area contributed by atoms with Crippen molar-refractivity contribution in [3.8, 4) is 11.3 Å². The number of aromatic nitrogens is 1. The zero-order chi connectivity index (χ0) is 18.3. The Labute approximate surface area is 154 Å². The van der Waals surface area contributed by atoms with Crippen molar-refractivity contribution in [1.29, 1.82) is 0 Å². The molecule has 2 fully saturated rings. The van der Waals surface area contributed by atoms with Crippen LogP contribution < -0.4 is 10.6 Å². The first-order chi connectivity index (χ1) is 12.5. The van der Waals surface area contributed by atoms with Gasteiger partial charge >= 0.3 is 6.03 Å². The van der Waals surface area contributed by atoms with E-state index < -0.39 is 17.5 Å². The van der Waals surface area contributed by atoms with Crippen LogP contribution in [0.1, 0.15) is 19.8 Å². The summed E-state index contributed by atoms with van der Waals surface area (Å²) in [6, 6.07) is 10.9. The molecule has 0 spiro atoms. The van der Waals surface area contributed by atoms with Gasteiger partial charge in [-0.15, -0.1) is 0 Å². The largest absolute Gasteiger partial charge is 0.325 e. The van der Waals surface area contributed by atoms with Gasteiger partial charge < -0.3 is 10.6 Å². The molecule has 2 N–H and O–H groups in total. The fourth-order valence-electron chi connectivity index (χ4n) is 3.20. The van der Waals surface area contributed by atoms with Gasteiger partial charge in [0.15, 0.2) is 0 Å². The second-order valence-corrected chi connectivity index (χ2v) is 7.59. The van der Waals surface area contributed by atoms with Crippen LogP contribution in [0.2, 0.25) is 0 Å². The van der Waals surface area contributed by atoms with Crippen LogP contribution in [0.15, 0.2) is 36.4 Å². The van der Waals surface area contributed by atoms with Gasteiger partial charge in [-0.05, 0) is 37.2 Å². The maximum atomic E-state index is 12.5. The van der Waals surface area contributed by atoms with E-state index in [0.717, 1.165) is 40.5 Å². The lowest BCUT2D eigenvalue weighted by atomic mass is 9.96. The first kappa shape index (κ1) is 16.7. The lowest BCUT2D eigenvalue weighted by Crippen LogP contribution is -2.46. The van der Waals surface area contributed by atoms with E-state index in [0.29, 0.717) is 5.00 Å². The molecule has 1 aliphatic heterocycles. The van der Waals surface area contributed by atoms with Crippen molar-refractivity contribution in [2.45, 2.75) is 25.3 Å². The van der Waals surface area contributed by atoms with Gasteiger partial charge in [0.1, 0.15) is 17.1 Å². The molecule has 1 saturated heterocycles. The monoisotopic (exact) mass is 370 g/mol. The summed E-state index contributed by atoms with van der Waals surface area (Å²) in [7, 11) is 0. The number of hydrogen-bond acceptors (Lipinski definition) is 5. The number of nitrogens with one attached hydrogen (secondary N) is 2. The highest BCUT2D eigenvalue weighted by Gasteiger charge is 2.56. The van der Waals surface area contributed by atoms with Gasteiger partial charge in [0.2, 0.25) is 5.91 Å². The Balaban J connectivity index is 1.41. The van der Waals surface area contributed by atoms with Crippen LogP contribution in [0.4, 0.5) is 9.80 Å². The Kier molecular flexibility index (Phi) is 3.99. The highest BCUT2D eigenvalue weighted by Crippen LogP contribution is 2.42. The molecule has 1 aromatic carbocycles. The van der Waals surface area contributed by atoms with E-state index in [9.17, 15) is 14.4 Å². The Morgan fingerprint density at radius 3 is 2.77 bits per heavy atom. The van der Waals surface area contributed by atoms with Gasteiger partial charge in [-0.2, -0.15) is 4.37 Å². The SMILES string of the molecule is CC1(C2CC2)NC(=O)N(CC(=O)Nc2cc(-c3ccccc3)ns2)C1=O. The third-order valence-corrected chi connectivity index (χ3v) is 5.54. The number of benzene rings is 1. The molecule has 134 valence electrons. The van der Waals surface area contributed by atoms with Crippen molar-refractivity contribution in [2.75, 3.05) is 11.9 Å². The van der Waals surface area contributed by atoms with E-state index >= 15 is 0 Å². The number of amides is 4. The predicted octanol–water partition coefficient (Wildman–Crippen LogP) is 2.47. The van der Waals surface area contributed by atoms with Gasteiger partial charge in [0, 0.05) is 11.6 Å². The van der Waals surface area contributed by atoms with Crippen LogP contribution in [0.25, 0.3) is 11.3 Å². The minimum absolute atomic E-state index is 0.168. The zero-order valence-corrected chi connectivity index (χ0v) is 15.0. The van der Waals surface area contributed by atoms with E-state index in [4.69, 9.17) is 0 Å². The summed E-state index contributed by atoms with van der Waals surface area (Å²) in [4.78, 5) is 38.0. The standard InChI is InChI=1S/C18H18N4O3S/c1-18(12-7-8-12)16(24)22(17(25)20-18)10-14(23)19-15-9-13(21-26-15)11-5-3-2-4-6-11/h2-6,9,12H,7-8,10H2,1H3,(H,19,23)(H,20,25). The van der Waals surface area contributed by atoms with Crippen LogP contribution in [0.3, 0.4) is 0 Å². The van der Waals surface area contributed by atoms with Crippen LogP contribution in [0.5, 0.6) is 0 Å². The first-order valence-electron chi connectivity index (χ1n) is 8.43. The van der Waals surface area contributed by atoms with Gasteiger partial charge in [0.25, 0.3) is 5.91 Å². The van der Waals surface area contributed by atoms with Gasteiger partial charge in [-0.1, -0.05) is 30.3 Å². The lowest BCUT2D eigenvalue weighted by Gasteiger charge is -2.20. The molecule has 2 aliphatic rings. The van der Waals surface area contributed by atoms with E-state index in [2.05, 4.69) is 15.0 Å². The maximum absolute atomic E-state index is 12.5. The highest BCUT2D eigenvalue weighted by molar-refractivity contribution is 7.10. The average molecular weight is 370 g/mol. The van der Waals surface area contributed by atoms with Gasteiger partial charge in [0.05, 0.1) is 5.69 Å². The molecule has 0 radical (unpaired) electrons. The molecule has 0 bridgehead atoms. The Morgan fingerprint density at radius 1 is 1.35 bits per heavy atom. The highest BCUT2D eigenvalue weighted by atomic mass is 32.1. The van der Waals surface area contributed by atoms with E-state index in [1.165, 1.54) is 0 Å². The molecule has 1 saturated carbocycles. The van der Waals surface area contributed by atoms with Crippen molar-refractivity contribution in [3.05, 3.63) is 36.4 Å². The van der Waals surface area contributed by atoms with Gasteiger partial charge in [-0.25, -0.2) is 4.79 Å². The third-order valence-electron chi connectivity index (χ3n) is 4.84. The zero-order valence-electron chi connectivity index (χ0n) is 14.2. The number of nitrogens with zero attached hydrogens (tertiary/aromatic N) is 2. The molecule has 4 amide bonds. The number of imide groups is 1. The van der Waals surface area contributed by atoms with Crippen molar-refractivity contribution < 1.29 is 14.4 Å². The molecule has 1 unspecified atom stereocenters. The summed E-state index contributed by atoms with van der Waals surface area (Å²) in [5.74, 6) is -0.576. The topological polar surface area (TPSA) is 91.4 Å². The number of anilines is 1. The summed E-state index contributed by atoms with van der Waals surface area (Å²) in [5, 5.41) is 6.02. The molecule has 2 heterocycles. The summed E-state index contributed by atoms with van der Waals surface area (Å²) >= 11 is 1.16. The minimum atomic E-state index is -0.873. The number of carbonyl (C=O) groups excluding carboxylic acids is 3. The molecule has 1 atom stereocenters. The minimum Gasteiger partial charge on any atom is -0.323 e. The predicted molar refractivity (Wildman–Crippen MR) is 97.6 cm³/mol. The van der Waals surface area contributed by atoms with Crippen molar-refractivity contribution in [2.24, 2.45) is 5.92 Å². The molecule has 7 nitrogen and oxygen atoms in total. The van der Waals surface area contributed by atoms with Crippen molar-refractivity contribution in [1.82, 2.24) is 14.6 Å². The lowest BCUT2D eigenvalue weighted by molar-refractivity contribution is -0.134. The molecule has 2 aromatic rings. The average Bonchev–Trinajstić information content (AvgIpc) is 3.35. The Morgan fingerprint density at radius 2 is 2.08 bits per heavy atom. The normalized spacial score (nSPS) is 22.4. The summed E-state index contributed by atoms with van der Waals surface area (Å²) in [6.07, 6.45) is 1.84. The molecule has 26 heavy (non-hydrogen) atoms. The van der Waals surface area contributed by atoms with E-state index in [-0.39, 0.29) is 18.4 Å². The van der Waals surface area contributed by atoms with Gasteiger partial charge in [-0.3, -0.25) is 14.5 Å². The molecule has 4 rings (SSSR count). The smallest absolute Gasteiger partial charge is 0.323 e. The summed E-state index contributed by atoms with van der Waals surface area (Å²) in [6.45, 7) is 1.43. The second-order valence-electron chi connectivity index (χ2n) is 6.79. The molecule has 8 heteroatoms. The van der Waals surface area contributed by atoms with Crippen LogP contribution in [-0.4, -0.2) is 39.2 Å². The Bertz CT molecular complexity index is 878. The van der Waals surface area contributed by atoms with Crippen molar-refractivity contribution >= 4 is 34.4 Å². The fraction of sp³-hybridized carbons (Fsp3) is 0.333. The van der Waals surface area contributed by atoms with Crippen LogP contribution in [0, 0.1) is 5.92 Å². The maximum Gasteiger partial charge on any atom is 0.325 e. The number of rotatable bonds is 5. The summed E-state index contributed by atoms with van der Waals surface area (Å²) < 4.78 is 4.32. The molecule has 1 aromatic heterocycles.